The van der Waals surface area contributed by atoms with Crippen molar-refractivity contribution < 1.29 is 23.1 Å². The lowest BCUT2D eigenvalue weighted by Gasteiger charge is -2.11. The van der Waals surface area contributed by atoms with Crippen LogP contribution in [0.2, 0.25) is 5.02 Å². The van der Waals surface area contributed by atoms with Gasteiger partial charge in [-0.25, -0.2) is 0 Å². The van der Waals surface area contributed by atoms with Crippen LogP contribution in [0.15, 0.2) is 42.5 Å². The van der Waals surface area contributed by atoms with E-state index in [1.165, 1.54) is 6.07 Å². The van der Waals surface area contributed by atoms with Gasteiger partial charge in [-0.05, 0) is 47.9 Å². The monoisotopic (exact) mass is 376 g/mol. The molecule has 0 radical (unpaired) electrons. The molecule has 0 aliphatic carbocycles. The second kappa shape index (κ2) is 13.3. The van der Waals surface area contributed by atoms with E-state index in [1.807, 2.05) is 27.7 Å². The molecular weight excluding hydrogens is 353 g/mol. The first-order valence-electron chi connectivity index (χ1n) is 7.81. The molecular formula is C19H24ClF3O2. The summed E-state index contributed by atoms with van der Waals surface area (Å²) in [5.74, 6) is 0. The van der Waals surface area contributed by atoms with Gasteiger partial charge in [0.25, 0.3) is 6.47 Å². The SMILES string of the molecule is CC.CC.Cc1cc(C(F)(F)F)ccc1-c1ccc(Cl)cc1.O=CO. The van der Waals surface area contributed by atoms with E-state index in [0.29, 0.717) is 10.6 Å². The number of alkyl halides is 3. The summed E-state index contributed by atoms with van der Waals surface area (Å²) in [6.07, 6.45) is -4.30. The van der Waals surface area contributed by atoms with E-state index in [9.17, 15) is 13.2 Å². The minimum atomic E-state index is -4.30. The highest BCUT2D eigenvalue weighted by Gasteiger charge is 2.30. The summed E-state index contributed by atoms with van der Waals surface area (Å²) in [6.45, 7) is 9.42. The molecule has 0 aliphatic rings. The molecule has 0 aromatic heterocycles. The Bertz CT molecular complexity index is 609. The normalized spacial score (nSPS) is 9.32. The molecule has 0 fully saturated rings. The topological polar surface area (TPSA) is 37.3 Å². The molecule has 2 rings (SSSR count). The highest BCUT2D eigenvalue weighted by atomic mass is 35.5. The summed E-state index contributed by atoms with van der Waals surface area (Å²) in [7, 11) is 0. The molecule has 25 heavy (non-hydrogen) atoms. The van der Waals surface area contributed by atoms with Crippen molar-refractivity contribution >= 4 is 18.1 Å². The van der Waals surface area contributed by atoms with E-state index >= 15 is 0 Å². The Kier molecular flexibility index (Phi) is 13.4. The van der Waals surface area contributed by atoms with Crippen LogP contribution in [0.1, 0.15) is 38.8 Å². The predicted molar refractivity (Wildman–Crippen MR) is 98.0 cm³/mol. The maximum Gasteiger partial charge on any atom is 0.416 e. The molecule has 0 aliphatic heterocycles. The predicted octanol–water partition coefficient (Wildman–Crippen LogP) is 7.09. The molecule has 0 unspecified atom stereocenters. The fourth-order valence-corrected chi connectivity index (χ4v) is 1.92. The molecule has 1 N–H and O–H groups in total. The van der Waals surface area contributed by atoms with E-state index in [0.717, 1.165) is 23.3 Å². The first-order chi connectivity index (χ1) is 11.8. The molecule has 0 atom stereocenters. The number of hydrogen-bond donors (Lipinski definition) is 1. The molecule has 0 spiro atoms. The highest BCUT2D eigenvalue weighted by molar-refractivity contribution is 6.30. The molecule has 0 amide bonds. The van der Waals surface area contributed by atoms with Crippen LogP contribution in [-0.4, -0.2) is 11.6 Å². The van der Waals surface area contributed by atoms with Crippen molar-refractivity contribution in [1.82, 2.24) is 0 Å². The van der Waals surface area contributed by atoms with Crippen molar-refractivity contribution in [3.05, 3.63) is 58.6 Å². The largest absolute Gasteiger partial charge is 0.483 e. The third kappa shape index (κ3) is 9.15. The first-order valence-corrected chi connectivity index (χ1v) is 8.19. The lowest BCUT2D eigenvalue weighted by molar-refractivity contribution is -0.137. The number of aryl methyl sites for hydroxylation is 1. The van der Waals surface area contributed by atoms with Gasteiger partial charge < -0.3 is 5.11 Å². The van der Waals surface area contributed by atoms with Crippen LogP contribution in [0, 0.1) is 6.92 Å². The van der Waals surface area contributed by atoms with Crippen LogP contribution in [-0.2, 0) is 11.0 Å². The fraction of sp³-hybridized carbons (Fsp3) is 0.316. The molecule has 2 aromatic carbocycles. The smallest absolute Gasteiger partial charge is 0.416 e. The Hall–Kier alpha value is -2.01. The van der Waals surface area contributed by atoms with Gasteiger partial charge in [-0.1, -0.05) is 57.5 Å². The first kappa shape index (κ1) is 25.2. The van der Waals surface area contributed by atoms with Crippen molar-refractivity contribution in [1.29, 1.82) is 0 Å². The molecule has 0 saturated carbocycles. The Morgan fingerprint density at radius 2 is 1.40 bits per heavy atom. The second-order valence-electron chi connectivity index (χ2n) is 4.14. The fourth-order valence-electron chi connectivity index (χ4n) is 1.79. The quantitative estimate of drug-likeness (QED) is 0.539. The standard InChI is InChI=1S/C14H10ClF3.2C2H6.CH2O2/c1-9-8-11(14(16,17)18)4-7-13(9)10-2-5-12(15)6-3-10;2*1-2;2-1-3/h2-8H,1H3;2*1-2H3;1H,(H,2,3). The van der Waals surface area contributed by atoms with Crippen LogP contribution in [0.5, 0.6) is 0 Å². The van der Waals surface area contributed by atoms with Gasteiger partial charge in [0.15, 0.2) is 0 Å². The minimum Gasteiger partial charge on any atom is -0.483 e. The molecule has 0 heterocycles. The van der Waals surface area contributed by atoms with E-state index in [1.54, 1.807) is 31.2 Å². The number of hydrogen-bond acceptors (Lipinski definition) is 1. The number of benzene rings is 2. The lowest BCUT2D eigenvalue weighted by Crippen LogP contribution is -2.05. The minimum absolute atomic E-state index is 0.250. The van der Waals surface area contributed by atoms with Crippen LogP contribution in [0.4, 0.5) is 13.2 Å². The van der Waals surface area contributed by atoms with E-state index in [-0.39, 0.29) is 6.47 Å². The van der Waals surface area contributed by atoms with Gasteiger partial charge in [-0.3, -0.25) is 4.79 Å². The summed E-state index contributed by atoms with van der Waals surface area (Å²) >= 11 is 5.78. The van der Waals surface area contributed by atoms with Gasteiger partial charge in [0.2, 0.25) is 0 Å². The summed E-state index contributed by atoms with van der Waals surface area (Å²) in [4.78, 5) is 8.36. The van der Waals surface area contributed by atoms with Gasteiger partial charge >= 0.3 is 6.18 Å². The maximum atomic E-state index is 12.5. The number of carbonyl (C=O) groups is 1. The summed E-state index contributed by atoms with van der Waals surface area (Å²) < 4.78 is 37.6. The molecule has 6 heteroatoms. The Labute approximate surface area is 152 Å². The van der Waals surface area contributed by atoms with Gasteiger partial charge in [0.05, 0.1) is 5.56 Å². The lowest BCUT2D eigenvalue weighted by atomic mass is 9.98. The van der Waals surface area contributed by atoms with Crippen LogP contribution >= 0.6 is 11.6 Å². The summed E-state index contributed by atoms with van der Waals surface area (Å²) in [5.41, 5.74) is 1.59. The highest BCUT2D eigenvalue weighted by Crippen LogP contribution is 2.33. The van der Waals surface area contributed by atoms with Crippen molar-refractivity contribution in [3.8, 4) is 11.1 Å². The van der Waals surface area contributed by atoms with E-state index in [2.05, 4.69) is 0 Å². The molecule has 140 valence electrons. The van der Waals surface area contributed by atoms with Crippen molar-refractivity contribution in [2.45, 2.75) is 40.8 Å². The van der Waals surface area contributed by atoms with E-state index < -0.39 is 11.7 Å². The third-order valence-corrected chi connectivity index (χ3v) is 2.96. The van der Waals surface area contributed by atoms with Gasteiger partial charge in [-0.2, -0.15) is 13.2 Å². The zero-order chi connectivity index (χ0) is 20.0. The summed E-state index contributed by atoms with van der Waals surface area (Å²) in [6, 6.07) is 10.8. The summed E-state index contributed by atoms with van der Waals surface area (Å²) in [5, 5.41) is 7.49. The molecule has 2 nitrogen and oxygen atoms in total. The van der Waals surface area contributed by atoms with E-state index in [4.69, 9.17) is 21.5 Å². The zero-order valence-corrected chi connectivity index (χ0v) is 15.7. The number of rotatable bonds is 1. The maximum absolute atomic E-state index is 12.5. The van der Waals surface area contributed by atoms with Crippen molar-refractivity contribution in [3.63, 3.8) is 0 Å². The average molecular weight is 377 g/mol. The van der Waals surface area contributed by atoms with Crippen molar-refractivity contribution in [2.24, 2.45) is 0 Å². The Morgan fingerprint density at radius 3 is 1.76 bits per heavy atom. The average Bonchev–Trinajstić information content (AvgIpc) is 2.59. The number of carboxylic acid groups (broad SMARTS) is 1. The van der Waals surface area contributed by atoms with Gasteiger partial charge in [0, 0.05) is 5.02 Å². The second-order valence-corrected chi connectivity index (χ2v) is 4.58. The van der Waals surface area contributed by atoms with Crippen LogP contribution in [0.25, 0.3) is 11.1 Å². The van der Waals surface area contributed by atoms with Gasteiger partial charge in [0.1, 0.15) is 0 Å². The van der Waals surface area contributed by atoms with Crippen LogP contribution in [0.3, 0.4) is 0 Å². The molecule has 0 saturated heterocycles. The van der Waals surface area contributed by atoms with Crippen LogP contribution < -0.4 is 0 Å². The Morgan fingerprint density at radius 1 is 0.960 bits per heavy atom. The molecule has 0 bridgehead atoms. The zero-order valence-electron chi connectivity index (χ0n) is 15.0. The number of halogens is 4. The molecule has 2 aromatic rings. The Balaban J connectivity index is 0. The van der Waals surface area contributed by atoms with Crippen molar-refractivity contribution in [2.75, 3.05) is 0 Å². The van der Waals surface area contributed by atoms with Gasteiger partial charge in [-0.15, -0.1) is 0 Å². The third-order valence-electron chi connectivity index (χ3n) is 2.71.